The van der Waals surface area contributed by atoms with Gasteiger partial charge in [-0.1, -0.05) is 18.2 Å². The van der Waals surface area contributed by atoms with Gasteiger partial charge < -0.3 is 4.57 Å². The second kappa shape index (κ2) is 5.40. The molecule has 0 amide bonds. The third-order valence-electron chi connectivity index (χ3n) is 3.30. The first-order chi connectivity index (χ1) is 9.69. The summed E-state index contributed by atoms with van der Waals surface area (Å²) in [6.07, 6.45) is 1.86. The predicted octanol–water partition coefficient (Wildman–Crippen LogP) is 2.87. The number of pyridine rings is 1. The van der Waals surface area contributed by atoms with Crippen molar-refractivity contribution in [3.05, 3.63) is 62.2 Å². The highest BCUT2D eigenvalue weighted by Crippen LogP contribution is 2.19. The quantitative estimate of drug-likeness (QED) is 0.657. The lowest BCUT2D eigenvalue weighted by atomic mass is 10.2. The summed E-state index contributed by atoms with van der Waals surface area (Å²) in [5, 5.41) is 5.74. The van der Waals surface area contributed by atoms with E-state index >= 15 is 0 Å². The van der Waals surface area contributed by atoms with Gasteiger partial charge >= 0.3 is 0 Å². The maximum atomic E-state index is 11.9. The molecule has 20 heavy (non-hydrogen) atoms. The van der Waals surface area contributed by atoms with Crippen molar-refractivity contribution in [2.45, 2.75) is 20.0 Å². The van der Waals surface area contributed by atoms with Gasteiger partial charge in [-0.3, -0.25) is 9.48 Å². The molecule has 0 atom stereocenters. The molecular formula is C15H14IN3O. The summed E-state index contributed by atoms with van der Waals surface area (Å²) in [6, 6.07) is 11.6. The van der Waals surface area contributed by atoms with Crippen LogP contribution in [0, 0.1) is 3.57 Å². The molecule has 0 bridgehead atoms. The molecule has 2 aromatic heterocycles. The molecule has 0 N–H and O–H groups in total. The Morgan fingerprint density at radius 1 is 1.20 bits per heavy atom. The van der Waals surface area contributed by atoms with Gasteiger partial charge in [0.15, 0.2) is 0 Å². The van der Waals surface area contributed by atoms with Crippen LogP contribution in [0.25, 0.3) is 10.9 Å². The highest BCUT2D eigenvalue weighted by molar-refractivity contribution is 14.1. The van der Waals surface area contributed by atoms with E-state index in [4.69, 9.17) is 0 Å². The SMILES string of the molecule is CCn1nc(Cn2cc(I)ccc2=O)c2ccccc21. The standard InChI is InChI=1S/C15H14IN3O/c1-2-19-14-6-4-3-5-12(14)13(17-19)10-18-9-11(16)7-8-15(18)20/h3-9H,2,10H2,1H3. The van der Waals surface area contributed by atoms with E-state index in [0.717, 1.165) is 26.7 Å². The van der Waals surface area contributed by atoms with Crippen LogP contribution in [0.4, 0.5) is 0 Å². The van der Waals surface area contributed by atoms with Gasteiger partial charge in [-0.15, -0.1) is 0 Å². The number of nitrogens with zero attached hydrogens (tertiary/aromatic N) is 3. The number of rotatable bonds is 3. The zero-order valence-electron chi connectivity index (χ0n) is 11.1. The Morgan fingerprint density at radius 3 is 2.80 bits per heavy atom. The zero-order valence-corrected chi connectivity index (χ0v) is 13.2. The van der Waals surface area contributed by atoms with Crippen LogP contribution >= 0.6 is 22.6 Å². The van der Waals surface area contributed by atoms with Gasteiger partial charge in [-0.2, -0.15) is 5.10 Å². The minimum absolute atomic E-state index is 0.000505. The molecule has 0 saturated carbocycles. The summed E-state index contributed by atoms with van der Waals surface area (Å²) in [7, 11) is 0. The molecular weight excluding hydrogens is 365 g/mol. The average Bonchev–Trinajstić information content (AvgIpc) is 2.81. The number of hydrogen-bond acceptors (Lipinski definition) is 2. The Balaban J connectivity index is 2.11. The van der Waals surface area contributed by atoms with Crippen molar-refractivity contribution in [2.75, 3.05) is 0 Å². The van der Waals surface area contributed by atoms with Crippen molar-refractivity contribution in [1.29, 1.82) is 0 Å². The Hall–Kier alpha value is -1.63. The number of aromatic nitrogens is 3. The van der Waals surface area contributed by atoms with Crippen molar-refractivity contribution >= 4 is 33.5 Å². The van der Waals surface area contributed by atoms with Crippen LogP contribution in [-0.4, -0.2) is 14.3 Å². The van der Waals surface area contributed by atoms with E-state index in [-0.39, 0.29) is 5.56 Å². The van der Waals surface area contributed by atoms with Crippen LogP contribution in [0.2, 0.25) is 0 Å². The second-order valence-corrected chi connectivity index (χ2v) is 5.84. The first-order valence-corrected chi connectivity index (χ1v) is 7.57. The van der Waals surface area contributed by atoms with E-state index in [1.807, 2.05) is 29.1 Å². The lowest BCUT2D eigenvalue weighted by Gasteiger charge is -2.03. The maximum Gasteiger partial charge on any atom is 0.250 e. The molecule has 102 valence electrons. The van der Waals surface area contributed by atoms with E-state index in [9.17, 15) is 4.79 Å². The highest BCUT2D eigenvalue weighted by atomic mass is 127. The van der Waals surface area contributed by atoms with E-state index < -0.39 is 0 Å². The fraction of sp³-hybridized carbons (Fsp3) is 0.200. The monoisotopic (exact) mass is 379 g/mol. The van der Waals surface area contributed by atoms with Crippen LogP contribution in [0.1, 0.15) is 12.6 Å². The minimum Gasteiger partial charge on any atom is -0.308 e. The van der Waals surface area contributed by atoms with Gasteiger partial charge in [0.25, 0.3) is 5.56 Å². The summed E-state index contributed by atoms with van der Waals surface area (Å²) >= 11 is 2.21. The molecule has 0 spiro atoms. The van der Waals surface area contributed by atoms with E-state index in [1.54, 1.807) is 10.6 Å². The third-order valence-corrected chi connectivity index (χ3v) is 3.94. The second-order valence-electron chi connectivity index (χ2n) is 4.59. The van der Waals surface area contributed by atoms with Crippen molar-refractivity contribution in [3.8, 4) is 0 Å². The smallest absolute Gasteiger partial charge is 0.250 e. The predicted molar refractivity (Wildman–Crippen MR) is 87.9 cm³/mol. The molecule has 0 fully saturated rings. The molecule has 0 unspecified atom stereocenters. The van der Waals surface area contributed by atoms with Crippen LogP contribution in [0.5, 0.6) is 0 Å². The molecule has 4 nitrogen and oxygen atoms in total. The van der Waals surface area contributed by atoms with Gasteiger partial charge in [0.2, 0.25) is 0 Å². The fourth-order valence-electron chi connectivity index (χ4n) is 2.34. The van der Waals surface area contributed by atoms with E-state index in [0.29, 0.717) is 6.54 Å². The van der Waals surface area contributed by atoms with E-state index in [1.165, 1.54) is 0 Å². The molecule has 3 aromatic rings. The molecule has 0 radical (unpaired) electrons. The molecule has 0 aliphatic carbocycles. The number of aryl methyl sites for hydroxylation is 1. The average molecular weight is 379 g/mol. The summed E-state index contributed by atoms with van der Waals surface area (Å²) in [6.45, 7) is 3.39. The molecule has 0 saturated heterocycles. The molecule has 2 heterocycles. The molecule has 1 aromatic carbocycles. The highest BCUT2D eigenvalue weighted by Gasteiger charge is 2.10. The first kappa shape index (κ1) is 13.4. The van der Waals surface area contributed by atoms with Crippen LogP contribution < -0.4 is 5.56 Å². The molecule has 3 rings (SSSR count). The van der Waals surface area contributed by atoms with Gasteiger partial charge in [-0.05, 0) is 41.6 Å². The third kappa shape index (κ3) is 2.37. The van der Waals surface area contributed by atoms with Gasteiger partial charge in [0.05, 0.1) is 17.8 Å². The van der Waals surface area contributed by atoms with Crippen LogP contribution in [-0.2, 0) is 13.1 Å². The minimum atomic E-state index is 0.000505. The van der Waals surface area contributed by atoms with Crippen molar-refractivity contribution in [2.24, 2.45) is 0 Å². The number of fused-ring (bicyclic) bond motifs is 1. The summed E-state index contributed by atoms with van der Waals surface area (Å²) in [5.41, 5.74) is 2.05. The molecule has 0 aliphatic rings. The maximum absolute atomic E-state index is 11.9. The summed E-state index contributed by atoms with van der Waals surface area (Å²) in [5.74, 6) is 0. The fourth-order valence-corrected chi connectivity index (χ4v) is 2.86. The number of para-hydroxylation sites is 1. The van der Waals surface area contributed by atoms with Gasteiger partial charge in [-0.25, -0.2) is 0 Å². The molecule has 0 aliphatic heterocycles. The van der Waals surface area contributed by atoms with Crippen LogP contribution in [0.15, 0.2) is 47.4 Å². The lowest BCUT2D eigenvalue weighted by molar-refractivity contribution is 0.647. The van der Waals surface area contributed by atoms with Crippen molar-refractivity contribution in [3.63, 3.8) is 0 Å². The van der Waals surface area contributed by atoms with Crippen molar-refractivity contribution < 1.29 is 0 Å². The van der Waals surface area contributed by atoms with Crippen LogP contribution in [0.3, 0.4) is 0 Å². The topological polar surface area (TPSA) is 39.8 Å². The van der Waals surface area contributed by atoms with E-state index in [2.05, 4.69) is 46.7 Å². The Morgan fingerprint density at radius 2 is 2.00 bits per heavy atom. The Bertz CT molecular complexity index is 819. The Kier molecular flexibility index (Phi) is 3.60. The van der Waals surface area contributed by atoms with Gasteiger partial charge in [0.1, 0.15) is 0 Å². The zero-order chi connectivity index (χ0) is 14.1. The lowest BCUT2D eigenvalue weighted by Crippen LogP contribution is -2.19. The molecule has 5 heteroatoms. The van der Waals surface area contributed by atoms with Gasteiger partial charge in [0, 0.05) is 27.8 Å². The summed E-state index contributed by atoms with van der Waals surface area (Å²) in [4.78, 5) is 11.9. The largest absolute Gasteiger partial charge is 0.308 e. The number of benzene rings is 1. The summed E-state index contributed by atoms with van der Waals surface area (Å²) < 4.78 is 4.72. The Labute approximate surface area is 130 Å². The first-order valence-electron chi connectivity index (χ1n) is 6.49. The normalized spacial score (nSPS) is 11.1. The number of halogens is 1. The van der Waals surface area contributed by atoms with Crippen molar-refractivity contribution in [1.82, 2.24) is 14.3 Å². The number of hydrogen-bond donors (Lipinski definition) is 0.